The number of carbonyl (C=O) groups excluding carboxylic acids is 1. The zero-order valence-corrected chi connectivity index (χ0v) is 16.5. The second kappa shape index (κ2) is 8.44. The van der Waals surface area contributed by atoms with Crippen LogP contribution < -0.4 is 14.8 Å². The molecule has 144 valence electrons. The molecule has 0 aliphatic carbocycles. The van der Waals surface area contributed by atoms with Gasteiger partial charge in [0.1, 0.15) is 13.2 Å². The number of fused-ring (bicyclic) bond motifs is 1. The third-order valence-corrected chi connectivity index (χ3v) is 4.88. The summed E-state index contributed by atoms with van der Waals surface area (Å²) in [6.45, 7) is 8.37. The van der Waals surface area contributed by atoms with Crippen LogP contribution in [0.15, 0.2) is 36.4 Å². The summed E-state index contributed by atoms with van der Waals surface area (Å²) in [5.74, 6) is 1.58. The van der Waals surface area contributed by atoms with E-state index >= 15 is 0 Å². The molecule has 1 atom stereocenters. The number of carbonyl (C=O) groups is 1. The molecule has 2 aromatic rings. The van der Waals surface area contributed by atoms with Crippen molar-refractivity contribution in [3.8, 4) is 11.5 Å². The number of ether oxygens (including phenoxy) is 2. The molecule has 1 N–H and O–H groups in total. The number of nitrogens with one attached hydrogen (secondary N) is 1. The first-order valence-corrected chi connectivity index (χ1v) is 9.36. The predicted molar refractivity (Wildman–Crippen MR) is 106 cm³/mol. The second-order valence-electron chi connectivity index (χ2n) is 7.28. The van der Waals surface area contributed by atoms with Crippen molar-refractivity contribution < 1.29 is 14.3 Å². The summed E-state index contributed by atoms with van der Waals surface area (Å²) in [4.78, 5) is 14.4. The van der Waals surface area contributed by atoms with E-state index in [-0.39, 0.29) is 11.9 Å². The lowest BCUT2D eigenvalue weighted by Crippen LogP contribution is -2.36. The molecule has 27 heavy (non-hydrogen) atoms. The Balaban J connectivity index is 1.53. The standard InChI is InChI=1S/C22H28N2O3/c1-15-5-7-19(11-16(15)2)17(3)23-22(25)14-24(4)13-18-6-8-20-21(12-18)27-10-9-26-20/h5-8,11-12,17H,9-10,13-14H2,1-4H3,(H,23,25)/t17-/m0/s1. The summed E-state index contributed by atoms with van der Waals surface area (Å²) in [6, 6.07) is 12.2. The molecule has 5 heteroatoms. The molecule has 1 aliphatic rings. The average molecular weight is 368 g/mol. The highest BCUT2D eigenvalue weighted by atomic mass is 16.6. The molecule has 1 amide bonds. The summed E-state index contributed by atoms with van der Waals surface area (Å²) >= 11 is 0. The fourth-order valence-electron chi connectivity index (χ4n) is 3.20. The van der Waals surface area contributed by atoms with Crippen LogP contribution >= 0.6 is 0 Å². The van der Waals surface area contributed by atoms with E-state index in [9.17, 15) is 4.79 Å². The van der Waals surface area contributed by atoms with Crippen LogP contribution in [0.25, 0.3) is 0 Å². The molecular weight excluding hydrogens is 340 g/mol. The fraction of sp³-hybridized carbons (Fsp3) is 0.409. The number of hydrogen-bond donors (Lipinski definition) is 1. The number of amides is 1. The maximum absolute atomic E-state index is 12.4. The van der Waals surface area contributed by atoms with Gasteiger partial charge in [-0.15, -0.1) is 0 Å². The van der Waals surface area contributed by atoms with Crippen molar-refractivity contribution in [2.24, 2.45) is 0 Å². The van der Waals surface area contributed by atoms with E-state index in [2.05, 4.69) is 37.4 Å². The van der Waals surface area contributed by atoms with Crippen molar-refractivity contribution in [2.75, 3.05) is 26.8 Å². The number of likely N-dealkylation sites (N-methyl/N-ethyl adjacent to an activating group) is 1. The first-order valence-electron chi connectivity index (χ1n) is 9.36. The first kappa shape index (κ1) is 19.2. The van der Waals surface area contributed by atoms with E-state index in [0.717, 1.165) is 22.6 Å². The van der Waals surface area contributed by atoms with E-state index in [1.165, 1.54) is 11.1 Å². The minimum atomic E-state index is -0.0144. The van der Waals surface area contributed by atoms with Crippen LogP contribution in [0.4, 0.5) is 0 Å². The van der Waals surface area contributed by atoms with Crippen LogP contribution in [0, 0.1) is 13.8 Å². The highest BCUT2D eigenvalue weighted by molar-refractivity contribution is 5.78. The SMILES string of the molecule is Cc1ccc([C@H](C)NC(=O)CN(C)Cc2ccc3c(c2)OCCO3)cc1C. The molecule has 0 aromatic heterocycles. The van der Waals surface area contributed by atoms with Crippen LogP contribution in [-0.2, 0) is 11.3 Å². The van der Waals surface area contributed by atoms with Gasteiger partial charge in [0, 0.05) is 6.54 Å². The normalized spacial score (nSPS) is 14.1. The number of aryl methyl sites for hydroxylation is 2. The van der Waals surface area contributed by atoms with Crippen molar-refractivity contribution in [2.45, 2.75) is 33.4 Å². The molecule has 0 spiro atoms. The Morgan fingerprint density at radius 1 is 1.07 bits per heavy atom. The first-order chi connectivity index (χ1) is 12.9. The van der Waals surface area contributed by atoms with Crippen molar-refractivity contribution in [3.63, 3.8) is 0 Å². The predicted octanol–water partition coefficient (Wildman–Crippen LogP) is 3.38. The van der Waals surface area contributed by atoms with Gasteiger partial charge in [0.25, 0.3) is 0 Å². The lowest BCUT2D eigenvalue weighted by molar-refractivity contribution is -0.122. The summed E-state index contributed by atoms with van der Waals surface area (Å²) in [6.07, 6.45) is 0. The molecule has 3 rings (SSSR count). The van der Waals surface area contributed by atoms with Crippen LogP contribution in [-0.4, -0.2) is 37.6 Å². The topological polar surface area (TPSA) is 50.8 Å². The Hall–Kier alpha value is -2.53. The molecule has 5 nitrogen and oxygen atoms in total. The van der Waals surface area contributed by atoms with Crippen LogP contribution in [0.5, 0.6) is 11.5 Å². The zero-order chi connectivity index (χ0) is 19.4. The molecule has 0 saturated carbocycles. The molecule has 0 unspecified atom stereocenters. The van der Waals surface area contributed by atoms with Gasteiger partial charge in [0.05, 0.1) is 12.6 Å². The highest BCUT2D eigenvalue weighted by Crippen LogP contribution is 2.31. The van der Waals surface area contributed by atoms with Crippen molar-refractivity contribution >= 4 is 5.91 Å². The zero-order valence-electron chi connectivity index (χ0n) is 16.5. The van der Waals surface area contributed by atoms with E-state index in [0.29, 0.717) is 26.3 Å². The minimum Gasteiger partial charge on any atom is -0.486 e. The Kier molecular flexibility index (Phi) is 6.01. The minimum absolute atomic E-state index is 0.0144. The van der Waals surface area contributed by atoms with Gasteiger partial charge in [-0.25, -0.2) is 0 Å². The smallest absolute Gasteiger partial charge is 0.234 e. The highest BCUT2D eigenvalue weighted by Gasteiger charge is 2.15. The summed E-state index contributed by atoms with van der Waals surface area (Å²) in [5, 5.41) is 3.08. The maximum Gasteiger partial charge on any atom is 0.234 e. The Morgan fingerprint density at radius 2 is 1.81 bits per heavy atom. The molecule has 2 aromatic carbocycles. The molecular formula is C22H28N2O3. The van der Waals surface area contributed by atoms with Crippen LogP contribution in [0.3, 0.4) is 0 Å². The molecule has 0 fully saturated rings. The third kappa shape index (κ3) is 5.01. The Labute approximate surface area is 161 Å². The van der Waals surface area contributed by atoms with Crippen molar-refractivity contribution in [1.82, 2.24) is 10.2 Å². The van der Waals surface area contributed by atoms with Crippen LogP contribution in [0.1, 0.15) is 35.2 Å². The number of nitrogens with zero attached hydrogens (tertiary/aromatic N) is 1. The molecule has 1 heterocycles. The van der Waals surface area contributed by atoms with Gasteiger partial charge in [-0.1, -0.05) is 24.3 Å². The Bertz CT molecular complexity index is 819. The number of benzene rings is 2. The lowest BCUT2D eigenvalue weighted by Gasteiger charge is -2.22. The largest absolute Gasteiger partial charge is 0.486 e. The van der Waals surface area contributed by atoms with E-state index in [1.54, 1.807) is 0 Å². The lowest BCUT2D eigenvalue weighted by atomic mass is 10.0. The van der Waals surface area contributed by atoms with Gasteiger partial charge in [0.2, 0.25) is 5.91 Å². The summed E-state index contributed by atoms with van der Waals surface area (Å²) in [5.41, 5.74) is 4.72. The van der Waals surface area contributed by atoms with Gasteiger partial charge >= 0.3 is 0 Å². The monoisotopic (exact) mass is 368 g/mol. The van der Waals surface area contributed by atoms with Gasteiger partial charge in [-0.2, -0.15) is 0 Å². The van der Waals surface area contributed by atoms with E-state index in [1.807, 2.05) is 37.1 Å². The Morgan fingerprint density at radius 3 is 2.56 bits per heavy atom. The molecule has 0 bridgehead atoms. The fourth-order valence-corrected chi connectivity index (χ4v) is 3.20. The number of hydrogen-bond acceptors (Lipinski definition) is 4. The van der Waals surface area contributed by atoms with E-state index < -0.39 is 0 Å². The molecule has 0 saturated heterocycles. The number of rotatable bonds is 6. The van der Waals surface area contributed by atoms with Gasteiger partial charge in [-0.05, 0) is 62.2 Å². The second-order valence-corrected chi connectivity index (χ2v) is 7.28. The quantitative estimate of drug-likeness (QED) is 0.849. The molecule has 0 radical (unpaired) electrons. The van der Waals surface area contributed by atoms with Crippen molar-refractivity contribution in [3.05, 3.63) is 58.7 Å². The van der Waals surface area contributed by atoms with Crippen LogP contribution in [0.2, 0.25) is 0 Å². The summed E-state index contributed by atoms with van der Waals surface area (Å²) < 4.78 is 11.2. The maximum atomic E-state index is 12.4. The van der Waals surface area contributed by atoms with Gasteiger partial charge < -0.3 is 14.8 Å². The van der Waals surface area contributed by atoms with E-state index in [4.69, 9.17) is 9.47 Å². The van der Waals surface area contributed by atoms with Gasteiger partial charge in [0.15, 0.2) is 11.5 Å². The van der Waals surface area contributed by atoms with Crippen molar-refractivity contribution in [1.29, 1.82) is 0 Å². The average Bonchev–Trinajstić information content (AvgIpc) is 2.63. The molecule has 1 aliphatic heterocycles. The summed E-state index contributed by atoms with van der Waals surface area (Å²) in [7, 11) is 1.94. The third-order valence-electron chi connectivity index (χ3n) is 4.88. The van der Waals surface area contributed by atoms with Gasteiger partial charge in [-0.3, -0.25) is 9.69 Å².